The summed E-state index contributed by atoms with van der Waals surface area (Å²) in [6, 6.07) is 2.94. The molecule has 1 amide bonds. The zero-order chi connectivity index (χ0) is 16.3. The van der Waals surface area contributed by atoms with Crippen molar-refractivity contribution in [3.63, 3.8) is 0 Å². The first kappa shape index (κ1) is 15.8. The van der Waals surface area contributed by atoms with Crippen LogP contribution in [0.3, 0.4) is 0 Å². The minimum absolute atomic E-state index is 0.0806. The number of halogens is 1. The van der Waals surface area contributed by atoms with Crippen molar-refractivity contribution in [1.29, 1.82) is 0 Å². The lowest BCUT2D eigenvalue weighted by molar-refractivity contribution is -0.136. The van der Waals surface area contributed by atoms with Gasteiger partial charge in [-0.1, -0.05) is 6.07 Å². The molecule has 116 valence electrons. The molecule has 0 fully saturated rings. The van der Waals surface area contributed by atoms with Crippen LogP contribution in [0.1, 0.15) is 23.0 Å². The van der Waals surface area contributed by atoms with E-state index < -0.39 is 23.1 Å². The van der Waals surface area contributed by atoms with E-state index in [-0.39, 0.29) is 18.7 Å². The first-order valence-corrected chi connectivity index (χ1v) is 6.46. The van der Waals surface area contributed by atoms with Gasteiger partial charge in [0.25, 0.3) is 5.91 Å². The fourth-order valence-corrected chi connectivity index (χ4v) is 1.88. The zero-order valence-corrected chi connectivity index (χ0v) is 11.9. The monoisotopic (exact) mass is 306 g/mol. The molecule has 0 radical (unpaired) electrons. The van der Waals surface area contributed by atoms with Gasteiger partial charge in [-0.2, -0.15) is 5.10 Å². The quantitative estimate of drug-likeness (QED) is 0.785. The first-order chi connectivity index (χ1) is 10.3. The van der Waals surface area contributed by atoms with Crippen molar-refractivity contribution in [3.05, 3.63) is 47.8 Å². The van der Waals surface area contributed by atoms with Crippen LogP contribution in [0.15, 0.2) is 30.7 Å². The van der Waals surface area contributed by atoms with Crippen molar-refractivity contribution in [2.24, 2.45) is 5.73 Å². The Hall–Kier alpha value is -2.61. The van der Waals surface area contributed by atoms with Crippen LogP contribution in [0.2, 0.25) is 0 Å². The Morgan fingerprint density at radius 1 is 1.41 bits per heavy atom. The second-order valence-corrected chi connectivity index (χ2v) is 5.15. The maximum atomic E-state index is 12.9. The molecule has 3 N–H and O–H groups in total. The number of primary amides is 1. The van der Waals surface area contributed by atoms with Gasteiger partial charge in [-0.15, -0.1) is 0 Å². The van der Waals surface area contributed by atoms with Crippen molar-refractivity contribution in [1.82, 2.24) is 14.8 Å². The molecule has 0 saturated heterocycles. The highest BCUT2D eigenvalue weighted by Crippen LogP contribution is 2.13. The number of nitrogens with zero attached hydrogens (tertiary/aromatic N) is 3. The molecule has 2 aromatic heterocycles. The summed E-state index contributed by atoms with van der Waals surface area (Å²) in [4.78, 5) is 26.9. The standard InChI is InChI=1S/C14H15FN4O3/c1-14(22,8-19-7-10(15)6-18-19)12(20)4-9-2-3-11(13(16)21)17-5-9/h2-3,5-7,22H,4,8H2,1H3,(H2,16,21)/t14-/m0/s1. The van der Waals surface area contributed by atoms with Crippen LogP contribution in [0.4, 0.5) is 4.39 Å². The molecular weight excluding hydrogens is 291 g/mol. The lowest BCUT2D eigenvalue weighted by Crippen LogP contribution is -2.40. The molecule has 0 aliphatic carbocycles. The summed E-state index contributed by atoms with van der Waals surface area (Å²) >= 11 is 0. The average molecular weight is 306 g/mol. The number of amides is 1. The second-order valence-electron chi connectivity index (χ2n) is 5.15. The number of aromatic nitrogens is 3. The van der Waals surface area contributed by atoms with Gasteiger partial charge in [0.15, 0.2) is 11.6 Å². The minimum Gasteiger partial charge on any atom is -0.380 e. The van der Waals surface area contributed by atoms with E-state index in [2.05, 4.69) is 10.1 Å². The summed E-state index contributed by atoms with van der Waals surface area (Å²) in [6.07, 6.45) is 3.35. The van der Waals surface area contributed by atoms with E-state index in [0.717, 1.165) is 17.1 Å². The average Bonchev–Trinajstić information content (AvgIpc) is 2.83. The Kier molecular flexibility index (Phi) is 4.32. The van der Waals surface area contributed by atoms with Crippen LogP contribution < -0.4 is 5.73 Å². The lowest BCUT2D eigenvalue weighted by Gasteiger charge is -2.21. The zero-order valence-electron chi connectivity index (χ0n) is 11.9. The van der Waals surface area contributed by atoms with Crippen LogP contribution >= 0.6 is 0 Å². The fraction of sp³-hybridized carbons (Fsp3) is 0.286. The van der Waals surface area contributed by atoms with Gasteiger partial charge in [0.05, 0.1) is 18.9 Å². The van der Waals surface area contributed by atoms with Gasteiger partial charge in [-0.3, -0.25) is 19.3 Å². The van der Waals surface area contributed by atoms with Crippen molar-refractivity contribution in [3.8, 4) is 0 Å². The van der Waals surface area contributed by atoms with Crippen LogP contribution in [0, 0.1) is 5.82 Å². The van der Waals surface area contributed by atoms with Gasteiger partial charge in [-0.25, -0.2) is 4.39 Å². The highest BCUT2D eigenvalue weighted by molar-refractivity contribution is 5.91. The third kappa shape index (κ3) is 3.73. The number of rotatable bonds is 6. The third-order valence-electron chi connectivity index (χ3n) is 3.11. The van der Waals surface area contributed by atoms with Gasteiger partial charge >= 0.3 is 0 Å². The molecule has 2 aromatic rings. The number of nitrogens with two attached hydrogens (primary N) is 1. The molecule has 2 rings (SSSR count). The van der Waals surface area contributed by atoms with Crippen LogP contribution in [0.5, 0.6) is 0 Å². The number of pyridine rings is 1. The van der Waals surface area contributed by atoms with Crippen molar-refractivity contribution >= 4 is 11.7 Å². The van der Waals surface area contributed by atoms with Crippen LogP contribution in [0.25, 0.3) is 0 Å². The molecular formula is C14H15FN4O3. The van der Waals surface area contributed by atoms with Gasteiger partial charge in [0.2, 0.25) is 0 Å². The number of Topliss-reactive ketones (excluding diaryl/α,β-unsaturated/α-hetero) is 1. The summed E-state index contributed by atoms with van der Waals surface area (Å²) < 4.78 is 14.0. The molecule has 8 heteroatoms. The lowest BCUT2D eigenvalue weighted by atomic mass is 9.95. The number of ketones is 1. The number of aliphatic hydroxyl groups is 1. The summed E-state index contributed by atoms with van der Waals surface area (Å²) in [7, 11) is 0. The molecule has 0 aliphatic heterocycles. The van der Waals surface area contributed by atoms with E-state index >= 15 is 0 Å². The van der Waals surface area contributed by atoms with Gasteiger partial charge in [0.1, 0.15) is 11.3 Å². The van der Waals surface area contributed by atoms with Crippen molar-refractivity contribution in [2.45, 2.75) is 25.5 Å². The van der Waals surface area contributed by atoms with Crippen molar-refractivity contribution < 1.29 is 19.1 Å². The fourth-order valence-electron chi connectivity index (χ4n) is 1.88. The van der Waals surface area contributed by atoms with E-state index in [9.17, 15) is 19.1 Å². The van der Waals surface area contributed by atoms with E-state index in [1.165, 1.54) is 25.3 Å². The predicted molar refractivity (Wildman–Crippen MR) is 74.3 cm³/mol. The van der Waals surface area contributed by atoms with Gasteiger partial charge in [0, 0.05) is 12.6 Å². The molecule has 1 atom stereocenters. The topological polar surface area (TPSA) is 111 Å². The molecule has 0 aromatic carbocycles. The molecule has 0 spiro atoms. The van der Waals surface area contributed by atoms with E-state index in [4.69, 9.17) is 5.73 Å². The summed E-state index contributed by atoms with van der Waals surface area (Å²) in [5, 5.41) is 13.9. The number of carbonyl (C=O) groups excluding carboxylic acids is 2. The first-order valence-electron chi connectivity index (χ1n) is 6.46. The molecule has 0 aliphatic rings. The molecule has 22 heavy (non-hydrogen) atoms. The third-order valence-corrected chi connectivity index (χ3v) is 3.11. The minimum atomic E-state index is -1.71. The Balaban J connectivity index is 2.05. The van der Waals surface area contributed by atoms with Crippen molar-refractivity contribution in [2.75, 3.05) is 0 Å². The normalized spacial score (nSPS) is 13.6. The summed E-state index contributed by atoms with van der Waals surface area (Å²) in [5.74, 6) is -1.68. The van der Waals surface area contributed by atoms with Crippen LogP contribution in [-0.4, -0.2) is 37.2 Å². The SMILES string of the molecule is C[C@](O)(Cn1cc(F)cn1)C(=O)Cc1ccc(C(N)=O)nc1. The summed E-state index contributed by atoms with van der Waals surface area (Å²) in [6.45, 7) is 1.17. The maximum Gasteiger partial charge on any atom is 0.267 e. The summed E-state index contributed by atoms with van der Waals surface area (Å²) in [5.41, 5.74) is 3.99. The smallest absolute Gasteiger partial charge is 0.267 e. The number of hydrogen-bond donors (Lipinski definition) is 2. The van der Waals surface area contributed by atoms with Gasteiger partial charge < -0.3 is 10.8 Å². The molecule has 0 unspecified atom stereocenters. The Bertz CT molecular complexity index is 694. The highest BCUT2D eigenvalue weighted by atomic mass is 19.1. The van der Waals surface area contributed by atoms with Gasteiger partial charge in [-0.05, 0) is 18.6 Å². The molecule has 0 bridgehead atoms. The number of hydrogen-bond acceptors (Lipinski definition) is 5. The maximum absolute atomic E-state index is 12.9. The van der Waals surface area contributed by atoms with E-state index in [0.29, 0.717) is 5.56 Å². The Morgan fingerprint density at radius 2 is 2.14 bits per heavy atom. The molecule has 2 heterocycles. The number of carbonyl (C=O) groups is 2. The molecule has 7 nitrogen and oxygen atoms in total. The predicted octanol–water partition coefficient (Wildman–Crippen LogP) is 0.0789. The highest BCUT2D eigenvalue weighted by Gasteiger charge is 2.31. The Labute approximate surface area is 125 Å². The molecule has 0 saturated carbocycles. The largest absolute Gasteiger partial charge is 0.380 e. The van der Waals surface area contributed by atoms with Crippen LogP contribution in [-0.2, 0) is 17.8 Å². The van der Waals surface area contributed by atoms with E-state index in [1.807, 2.05) is 0 Å². The second kappa shape index (κ2) is 6.02. The Morgan fingerprint density at radius 3 is 2.64 bits per heavy atom. The van der Waals surface area contributed by atoms with E-state index in [1.54, 1.807) is 0 Å².